The number of carbonyl (C=O) groups excluding carboxylic acids is 2. The van der Waals surface area contributed by atoms with Gasteiger partial charge in [-0.2, -0.15) is 0 Å². The van der Waals surface area contributed by atoms with Crippen LogP contribution in [0.5, 0.6) is 5.75 Å². The smallest absolute Gasteiger partial charge is 0.227 e. The van der Waals surface area contributed by atoms with E-state index in [1.165, 1.54) is 0 Å². The molecule has 5 heteroatoms. The Morgan fingerprint density at radius 1 is 1.00 bits per heavy atom. The molecule has 0 saturated carbocycles. The maximum absolute atomic E-state index is 14.0. The van der Waals surface area contributed by atoms with Crippen LogP contribution in [0.1, 0.15) is 70.0 Å². The van der Waals surface area contributed by atoms with Crippen molar-refractivity contribution >= 4 is 23.1 Å². The number of nitrogens with one attached hydrogen (secondary N) is 1. The number of hydrogen-bond acceptors (Lipinski definition) is 4. The lowest BCUT2D eigenvalue weighted by molar-refractivity contribution is -0.125. The van der Waals surface area contributed by atoms with Crippen LogP contribution in [-0.2, 0) is 16.2 Å². The van der Waals surface area contributed by atoms with Crippen molar-refractivity contribution in [2.24, 2.45) is 11.3 Å². The number of benzene rings is 3. The summed E-state index contributed by atoms with van der Waals surface area (Å²) in [5, 5.41) is 3.58. The molecular weight excluding hydrogens is 484 g/mol. The van der Waals surface area contributed by atoms with Gasteiger partial charge in [0, 0.05) is 18.5 Å². The molecule has 1 aliphatic carbocycles. The van der Waals surface area contributed by atoms with Crippen molar-refractivity contribution in [3.63, 3.8) is 0 Å². The van der Waals surface area contributed by atoms with E-state index >= 15 is 0 Å². The molecule has 5 rings (SSSR count). The lowest BCUT2D eigenvalue weighted by atomic mass is 9.72. The average molecular weight is 523 g/mol. The molecule has 0 spiro atoms. The van der Waals surface area contributed by atoms with Crippen molar-refractivity contribution in [1.82, 2.24) is 0 Å². The van der Waals surface area contributed by atoms with Crippen LogP contribution in [0.4, 0.5) is 11.4 Å². The molecule has 0 saturated heterocycles. The molecule has 3 aromatic rings. The minimum Gasteiger partial charge on any atom is -0.489 e. The van der Waals surface area contributed by atoms with Gasteiger partial charge in [-0.1, -0.05) is 94.3 Å². The maximum Gasteiger partial charge on any atom is 0.227 e. The molecule has 1 heterocycles. The van der Waals surface area contributed by atoms with Crippen LogP contribution in [0.2, 0.25) is 0 Å². The first-order chi connectivity index (χ1) is 18.9. The molecule has 202 valence electrons. The first-order valence-electron chi connectivity index (χ1n) is 14.1. The Morgan fingerprint density at radius 3 is 2.56 bits per heavy atom. The number of amides is 1. The first kappa shape index (κ1) is 26.7. The third-order valence-electron chi connectivity index (χ3n) is 7.61. The largest absolute Gasteiger partial charge is 0.489 e. The average Bonchev–Trinajstić information content (AvgIpc) is 3.06. The van der Waals surface area contributed by atoms with Crippen LogP contribution < -0.4 is 15.0 Å². The number of nitrogens with zero attached hydrogens (tertiary/aromatic N) is 1. The molecule has 2 aliphatic rings. The van der Waals surface area contributed by atoms with Crippen LogP contribution in [0, 0.1) is 11.3 Å². The Hall–Kier alpha value is -3.86. The van der Waals surface area contributed by atoms with Gasteiger partial charge < -0.3 is 15.0 Å². The van der Waals surface area contributed by atoms with Crippen LogP contribution in [0.25, 0.3) is 0 Å². The quantitative estimate of drug-likeness (QED) is 0.306. The third kappa shape index (κ3) is 5.93. The van der Waals surface area contributed by atoms with Gasteiger partial charge in [-0.25, -0.2) is 0 Å². The fraction of sp³-hybridized carbons (Fsp3) is 0.353. The summed E-state index contributed by atoms with van der Waals surface area (Å²) in [6.45, 7) is 6.76. The van der Waals surface area contributed by atoms with Gasteiger partial charge in [-0.05, 0) is 47.2 Å². The second-order valence-corrected chi connectivity index (χ2v) is 11.4. The third-order valence-corrected chi connectivity index (χ3v) is 7.61. The Bertz CT molecular complexity index is 1360. The molecule has 0 aromatic heterocycles. The van der Waals surface area contributed by atoms with Gasteiger partial charge in [-0.15, -0.1) is 0 Å². The van der Waals surface area contributed by atoms with Gasteiger partial charge in [0.15, 0.2) is 0 Å². The van der Waals surface area contributed by atoms with Gasteiger partial charge >= 0.3 is 0 Å². The Labute approximate surface area is 231 Å². The number of Topliss-reactive ketones (excluding diaryl/α,β-unsaturated/α-hetero) is 1. The standard InChI is InChI=1S/C34H38N2O3/c1-4-5-7-19-31(38)36-29-18-11-10-17-27(29)35-28-21-34(2,3)22-30(37)32(28)33(36)25-15-12-16-26(20-25)39-23-24-13-8-6-9-14-24/h6,8-18,20-21,32-33,35H,4-5,7,19,22-23H2,1-3H3/t32-,33-/m1/s1. The van der Waals surface area contributed by atoms with E-state index in [4.69, 9.17) is 4.74 Å². The number of unbranched alkanes of at least 4 members (excludes halogenated alkanes) is 2. The van der Waals surface area contributed by atoms with Crippen LogP contribution in [0.3, 0.4) is 0 Å². The Kier molecular flexibility index (Phi) is 7.87. The molecule has 3 aromatic carbocycles. The lowest BCUT2D eigenvalue weighted by Crippen LogP contribution is -2.43. The van der Waals surface area contributed by atoms with Crippen molar-refractivity contribution in [3.05, 3.63) is 102 Å². The van der Waals surface area contributed by atoms with E-state index in [9.17, 15) is 9.59 Å². The Balaban J connectivity index is 1.60. The van der Waals surface area contributed by atoms with E-state index < -0.39 is 12.0 Å². The molecule has 1 N–H and O–H groups in total. The molecule has 1 aliphatic heterocycles. The summed E-state index contributed by atoms with van der Waals surface area (Å²) in [6, 6.07) is 25.4. The van der Waals surface area contributed by atoms with E-state index in [1.807, 2.05) is 83.8 Å². The Morgan fingerprint density at radius 2 is 1.77 bits per heavy atom. The van der Waals surface area contributed by atoms with E-state index in [0.717, 1.165) is 47.5 Å². The number of carbonyl (C=O) groups is 2. The monoisotopic (exact) mass is 522 g/mol. The number of para-hydroxylation sites is 2. The lowest BCUT2D eigenvalue weighted by Gasteiger charge is -2.39. The highest BCUT2D eigenvalue weighted by Gasteiger charge is 2.46. The van der Waals surface area contributed by atoms with E-state index in [1.54, 1.807) is 0 Å². The number of fused-ring (bicyclic) bond motifs is 2. The second-order valence-electron chi connectivity index (χ2n) is 11.4. The zero-order chi connectivity index (χ0) is 27.4. The number of ether oxygens (including phenoxy) is 1. The normalized spacial score (nSPS) is 19.7. The minimum absolute atomic E-state index is 0.0391. The SMILES string of the molecule is CCCCCC(=O)N1c2ccccc2NC2=CC(C)(C)CC(=O)[C@@H]2[C@H]1c1cccc(OCc2ccccc2)c1. The first-order valence-corrected chi connectivity index (χ1v) is 14.1. The molecule has 5 nitrogen and oxygen atoms in total. The van der Waals surface area contributed by atoms with E-state index in [0.29, 0.717) is 25.2 Å². The minimum atomic E-state index is -0.495. The highest BCUT2D eigenvalue weighted by atomic mass is 16.5. The zero-order valence-electron chi connectivity index (χ0n) is 23.2. The van der Waals surface area contributed by atoms with Gasteiger partial charge in [0.2, 0.25) is 5.91 Å². The predicted octanol–water partition coefficient (Wildman–Crippen LogP) is 7.84. The number of rotatable bonds is 8. The van der Waals surface area contributed by atoms with Gasteiger partial charge in [0.05, 0.1) is 23.3 Å². The molecule has 1 amide bonds. The summed E-state index contributed by atoms with van der Waals surface area (Å²) in [4.78, 5) is 29.8. The predicted molar refractivity (Wildman–Crippen MR) is 157 cm³/mol. The van der Waals surface area contributed by atoms with E-state index in [-0.39, 0.29) is 17.1 Å². The number of ketones is 1. The number of hydrogen-bond donors (Lipinski definition) is 1. The highest BCUT2D eigenvalue weighted by molar-refractivity contribution is 6.01. The fourth-order valence-corrected chi connectivity index (χ4v) is 5.80. The number of anilines is 2. The summed E-state index contributed by atoms with van der Waals surface area (Å²) in [7, 11) is 0. The van der Waals surface area contributed by atoms with Crippen molar-refractivity contribution in [2.75, 3.05) is 10.2 Å². The van der Waals surface area contributed by atoms with Gasteiger partial charge in [0.25, 0.3) is 0 Å². The summed E-state index contributed by atoms with van der Waals surface area (Å²) in [5.41, 5.74) is 4.23. The molecular formula is C34H38N2O3. The molecule has 2 atom stereocenters. The maximum atomic E-state index is 14.0. The van der Waals surface area contributed by atoms with Crippen molar-refractivity contribution in [3.8, 4) is 5.75 Å². The topological polar surface area (TPSA) is 58.6 Å². The van der Waals surface area contributed by atoms with Crippen LogP contribution >= 0.6 is 0 Å². The van der Waals surface area contributed by atoms with Crippen molar-refractivity contribution in [2.45, 2.75) is 65.5 Å². The van der Waals surface area contributed by atoms with Crippen molar-refractivity contribution < 1.29 is 14.3 Å². The van der Waals surface area contributed by atoms with Crippen LogP contribution in [0.15, 0.2) is 90.6 Å². The summed E-state index contributed by atoms with van der Waals surface area (Å²) in [6.07, 6.45) is 5.91. The summed E-state index contributed by atoms with van der Waals surface area (Å²) < 4.78 is 6.18. The zero-order valence-corrected chi connectivity index (χ0v) is 23.2. The molecule has 0 unspecified atom stereocenters. The fourth-order valence-electron chi connectivity index (χ4n) is 5.80. The second kappa shape index (κ2) is 11.5. The van der Waals surface area contributed by atoms with Crippen LogP contribution in [-0.4, -0.2) is 11.7 Å². The molecule has 0 bridgehead atoms. The highest BCUT2D eigenvalue weighted by Crippen LogP contribution is 2.49. The van der Waals surface area contributed by atoms with Gasteiger partial charge in [-0.3, -0.25) is 9.59 Å². The van der Waals surface area contributed by atoms with E-state index in [2.05, 4.69) is 32.2 Å². The molecule has 39 heavy (non-hydrogen) atoms. The van der Waals surface area contributed by atoms with Crippen molar-refractivity contribution in [1.29, 1.82) is 0 Å². The molecule has 0 fully saturated rings. The number of allylic oxidation sites excluding steroid dienone is 1. The molecule has 0 radical (unpaired) electrons. The van der Waals surface area contributed by atoms with Gasteiger partial charge in [0.1, 0.15) is 18.1 Å². The summed E-state index contributed by atoms with van der Waals surface area (Å²) in [5.74, 6) is 0.404. The summed E-state index contributed by atoms with van der Waals surface area (Å²) >= 11 is 0.